The van der Waals surface area contributed by atoms with E-state index >= 15 is 0 Å². The van der Waals surface area contributed by atoms with Crippen molar-refractivity contribution in [3.63, 3.8) is 0 Å². The van der Waals surface area contributed by atoms with Gasteiger partial charge >= 0.3 is 5.63 Å². The molecule has 1 saturated carbocycles. The lowest BCUT2D eigenvalue weighted by atomic mass is 9.84. The third-order valence-electron chi connectivity index (χ3n) is 3.82. The first-order valence-corrected chi connectivity index (χ1v) is 6.51. The van der Waals surface area contributed by atoms with Crippen LogP contribution in [-0.4, -0.2) is 5.11 Å². The Morgan fingerprint density at radius 3 is 2.67 bits per heavy atom. The number of hydrogen-bond acceptors (Lipinski definition) is 3. The summed E-state index contributed by atoms with van der Waals surface area (Å²) in [5, 5.41) is 10.5. The van der Waals surface area contributed by atoms with Gasteiger partial charge in [-0.15, -0.1) is 0 Å². The van der Waals surface area contributed by atoms with Gasteiger partial charge in [0.15, 0.2) is 0 Å². The van der Waals surface area contributed by atoms with Gasteiger partial charge in [-0.1, -0.05) is 25.3 Å². The Balaban J connectivity index is 2.07. The van der Waals surface area contributed by atoms with Crippen LogP contribution >= 0.6 is 0 Å². The quantitative estimate of drug-likeness (QED) is 0.780. The predicted octanol–water partition coefficient (Wildman–Crippen LogP) is 3.55. The number of fused-ring (bicyclic) bond motifs is 1. The molecule has 0 amide bonds. The van der Waals surface area contributed by atoms with Crippen molar-refractivity contribution in [2.24, 2.45) is 0 Å². The Hall–Kier alpha value is -1.77. The zero-order valence-corrected chi connectivity index (χ0v) is 10.2. The van der Waals surface area contributed by atoms with Gasteiger partial charge in [-0.3, -0.25) is 0 Å². The second-order valence-corrected chi connectivity index (χ2v) is 5.04. The molecule has 0 radical (unpaired) electrons. The van der Waals surface area contributed by atoms with E-state index in [9.17, 15) is 9.90 Å². The fourth-order valence-electron chi connectivity index (χ4n) is 2.85. The zero-order chi connectivity index (χ0) is 12.5. The maximum atomic E-state index is 11.2. The highest BCUT2D eigenvalue weighted by Gasteiger charge is 2.16. The monoisotopic (exact) mass is 244 g/mol. The molecule has 1 fully saturated rings. The zero-order valence-electron chi connectivity index (χ0n) is 10.2. The lowest BCUT2D eigenvalue weighted by molar-refractivity contribution is 0.443. The lowest BCUT2D eigenvalue weighted by Gasteiger charge is -2.22. The minimum absolute atomic E-state index is 0.0129. The van der Waals surface area contributed by atoms with E-state index in [1.165, 1.54) is 37.7 Å². The Bertz CT molecular complexity index is 621. The molecule has 1 aromatic carbocycles. The molecule has 0 atom stereocenters. The molecule has 0 saturated heterocycles. The van der Waals surface area contributed by atoms with Crippen LogP contribution < -0.4 is 5.63 Å². The highest BCUT2D eigenvalue weighted by atomic mass is 16.4. The van der Waals surface area contributed by atoms with Crippen LogP contribution in [0.4, 0.5) is 0 Å². The van der Waals surface area contributed by atoms with Gasteiger partial charge in [-0.25, -0.2) is 4.79 Å². The number of benzene rings is 1. The number of hydrogen-bond donors (Lipinski definition) is 1. The molecule has 18 heavy (non-hydrogen) atoms. The van der Waals surface area contributed by atoms with Crippen molar-refractivity contribution in [2.75, 3.05) is 0 Å². The molecule has 0 aliphatic heterocycles. The smallest absolute Gasteiger partial charge is 0.339 e. The normalized spacial score (nSPS) is 17.1. The number of rotatable bonds is 1. The molecule has 0 bridgehead atoms. The first-order chi connectivity index (χ1) is 8.74. The van der Waals surface area contributed by atoms with E-state index in [0.29, 0.717) is 16.9 Å². The maximum absolute atomic E-state index is 11.2. The molecule has 0 unspecified atom stereocenters. The van der Waals surface area contributed by atoms with Gasteiger partial charge in [0, 0.05) is 0 Å². The minimum Gasteiger partial charge on any atom is -0.507 e. The molecule has 1 heterocycles. The van der Waals surface area contributed by atoms with Crippen molar-refractivity contribution >= 4 is 11.0 Å². The maximum Gasteiger partial charge on any atom is 0.339 e. The van der Waals surface area contributed by atoms with Crippen LogP contribution in [0.15, 0.2) is 33.5 Å². The van der Waals surface area contributed by atoms with Gasteiger partial charge in [-0.2, -0.15) is 0 Å². The molecular weight excluding hydrogens is 228 g/mol. The Morgan fingerprint density at radius 2 is 1.89 bits per heavy atom. The van der Waals surface area contributed by atoms with E-state index < -0.39 is 5.63 Å². The Morgan fingerprint density at radius 1 is 1.11 bits per heavy atom. The fourth-order valence-corrected chi connectivity index (χ4v) is 2.85. The summed E-state index contributed by atoms with van der Waals surface area (Å²) in [6.45, 7) is 0. The second-order valence-electron chi connectivity index (χ2n) is 5.04. The summed E-state index contributed by atoms with van der Waals surface area (Å²) in [7, 11) is 0. The van der Waals surface area contributed by atoms with E-state index in [0.717, 1.165) is 6.07 Å². The highest BCUT2D eigenvalue weighted by Crippen LogP contribution is 2.35. The summed E-state index contributed by atoms with van der Waals surface area (Å²) in [4.78, 5) is 11.2. The molecule has 94 valence electrons. The van der Waals surface area contributed by atoms with Gasteiger partial charge in [0.05, 0.1) is 11.5 Å². The predicted molar refractivity (Wildman–Crippen MR) is 70.0 cm³/mol. The fraction of sp³-hybridized carbons (Fsp3) is 0.400. The second kappa shape index (κ2) is 4.48. The van der Waals surface area contributed by atoms with E-state index in [4.69, 9.17) is 4.42 Å². The van der Waals surface area contributed by atoms with Crippen LogP contribution in [0.25, 0.3) is 11.0 Å². The summed E-state index contributed by atoms with van der Waals surface area (Å²) < 4.78 is 5.07. The van der Waals surface area contributed by atoms with Gasteiger partial charge < -0.3 is 9.52 Å². The van der Waals surface area contributed by atoms with E-state index in [2.05, 4.69) is 0 Å². The van der Waals surface area contributed by atoms with Crippen LogP contribution in [0.2, 0.25) is 0 Å². The van der Waals surface area contributed by atoms with Crippen LogP contribution in [0.5, 0.6) is 5.75 Å². The largest absolute Gasteiger partial charge is 0.507 e. The van der Waals surface area contributed by atoms with Crippen molar-refractivity contribution in [2.45, 2.75) is 38.0 Å². The third-order valence-corrected chi connectivity index (χ3v) is 3.82. The van der Waals surface area contributed by atoms with Crippen molar-refractivity contribution in [3.05, 3.63) is 40.2 Å². The average molecular weight is 244 g/mol. The molecule has 2 aromatic rings. The summed E-state index contributed by atoms with van der Waals surface area (Å²) in [5.41, 5.74) is 1.19. The van der Waals surface area contributed by atoms with Gasteiger partial charge in [0.1, 0.15) is 11.3 Å². The first kappa shape index (κ1) is 11.3. The van der Waals surface area contributed by atoms with Gasteiger partial charge in [0.2, 0.25) is 0 Å². The summed E-state index contributed by atoms with van der Waals surface area (Å²) in [5.74, 6) is 0.591. The third kappa shape index (κ3) is 2.01. The van der Waals surface area contributed by atoms with Gasteiger partial charge in [0.25, 0.3) is 0 Å². The summed E-state index contributed by atoms with van der Waals surface area (Å²) in [6.07, 6.45) is 6.30. The van der Waals surface area contributed by atoms with E-state index in [-0.39, 0.29) is 5.75 Å². The SMILES string of the molecule is O=c1cc(O)c2cc(C3CCCCC3)ccc2o1. The molecular formula is C15H16O3. The lowest BCUT2D eigenvalue weighted by Crippen LogP contribution is -2.04. The van der Waals surface area contributed by atoms with Crippen LogP contribution in [0.1, 0.15) is 43.6 Å². The molecule has 3 nitrogen and oxygen atoms in total. The molecule has 3 heteroatoms. The van der Waals surface area contributed by atoms with Crippen molar-refractivity contribution in [3.8, 4) is 5.75 Å². The molecule has 1 aliphatic rings. The molecule has 0 spiro atoms. The minimum atomic E-state index is -0.509. The van der Waals surface area contributed by atoms with Crippen LogP contribution in [-0.2, 0) is 0 Å². The average Bonchev–Trinajstić information content (AvgIpc) is 2.39. The van der Waals surface area contributed by atoms with Crippen molar-refractivity contribution < 1.29 is 9.52 Å². The topological polar surface area (TPSA) is 50.4 Å². The van der Waals surface area contributed by atoms with Crippen molar-refractivity contribution in [1.82, 2.24) is 0 Å². The molecule has 1 aromatic heterocycles. The molecule has 3 rings (SSSR count). The van der Waals surface area contributed by atoms with Crippen LogP contribution in [0.3, 0.4) is 0 Å². The Kier molecular flexibility index (Phi) is 2.82. The Labute approximate surface area is 105 Å². The van der Waals surface area contributed by atoms with E-state index in [1.54, 1.807) is 6.07 Å². The van der Waals surface area contributed by atoms with Crippen molar-refractivity contribution in [1.29, 1.82) is 0 Å². The standard InChI is InChI=1S/C15H16O3/c16-13-9-15(17)18-14-7-6-11(8-12(13)14)10-4-2-1-3-5-10/h6-10,16H,1-5H2. The van der Waals surface area contributed by atoms with E-state index in [1.807, 2.05) is 12.1 Å². The summed E-state index contributed by atoms with van der Waals surface area (Å²) in [6, 6.07) is 6.90. The summed E-state index contributed by atoms with van der Waals surface area (Å²) >= 11 is 0. The van der Waals surface area contributed by atoms with Crippen LogP contribution in [0, 0.1) is 0 Å². The van der Waals surface area contributed by atoms with Gasteiger partial charge in [-0.05, 0) is 36.5 Å². The molecule has 1 aliphatic carbocycles. The number of aromatic hydroxyl groups is 1. The highest BCUT2D eigenvalue weighted by molar-refractivity contribution is 5.83. The molecule has 1 N–H and O–H groups in total. The first-order valence-electron chi connectivity index (χ1n) is 6.51.